The van der Waals surface area contributed by atoms with Gasteiger partial charge in [0.2, 0.25) is 0 Å². The first-order valence-electron chi connectivity index (χ1n) is 2.75. The van der Waals surface area contributed by atoms with Crippen molar-refractivity contribution in [2.45, 2.75) is 21.8 Å². The van der Waals surface area contributed by atoms with Gasteiger partial charge in [-0.1, -0.05) is 20.9 Å². The second-order valence-electron chi connectivity index (χ2n) is 0.816. The van der Waals surface area contributed by atoms with Gasteiger partial charge in [-0.05, 0) is 6.92 Å². The third-order valence-electron chi connectivity index (χ3n) is 0. The molecule has 0 aliphatic rings. The van der Waals surface area contributed by atoms with E-state index in [-0.39, 0.29) is 36.8 Å². The maximum Gasteiger partial charge on any atom is 0.0351 e. The van der Waals surface area contributed by atoms with Crippen LogP contribution in [0.2, 0.25) is 0 Å². The predicted octanol–water partition coefficient (Wildman–Crippen LogP) is 1.04. The minimum atomic E-state index is 0. The van der Waals surface area contributed by atoms with Crippen molar-refractivity contribution in [2.75, 3.05) is 21.3 Å². The van der Waals surface area contributed by atoms with Crippen LogP contribution in [0.15, 0.2) is 25.8 Å². The van der Waals surface area contributed by atoms with Gasteiger partial charge in [0, 0.05) is 21.3 Å². The van der Waals surface area contributed by atoms with E-state index in [0.29, 0.717) is 0 Å². The molecule has 0 aliphatic carbocycles. The van der Waals surface area contributed by atoms with E-state index in [1.165, 1.54) is 0 Å². The van der Waals surface area contributed by atoms with Gasteiger partial charge >= 0.3 is 0 Å². The maximum atomic E-state index is 7.00. The summed E-state index contributed by atoms with van der Waals surface area (Å²) >= 11 is 0. The topological polar surface area (TPSA) is 154 Å². The van der Waals surface area contributed by atoms with E-state index in [0.717, 1.165) is 7.11 Å². The Labute approximate surface area is 102 Å². The summed E-state index contributed by atoms with van der Waals surface area (Å²) in [5, 5.41) is 7.00. The van der Waals surface area contributed by atoms with Crippen LogP contribution < -0.4 is 0 Å². The fourth-order valence-electron chi connectivity index (χ4n) is 0. The predicted molar refractivity (Wildman–Crippen MR) is 74.0 cm³/mol. The molecule has 0 rings (SSSR count). The fraction of sp³-hybridized carbons (Fsp3) is 0.600. The Balaban J connectivity index is -0.00000000338. The lowest BCUT2D eigenvalue weighted by Gasteiger charge is -1.61. The Morgan fingerprint density at radius 1 is 1.00 bits per heavy atom. The van der Waals surface area contributed by atoms with Crippen LogP contribution in [0.5, 0.6) is 0 Å². The van der Waals surface area contributed by atoms with Gasteiger partial charge in [-0.15, -0.1) is 19.7 Å². The third kappa shape index (κ3) is 3430. The van der Waals surface area contributed by atoms with Crippen molar-refractivity contribution in [2.24, 2.45) is 0 Å². The summed E-state index contributed by atoms with van der Waals surface area (Å²) < 4.78 is 4.25. The summed E-state index contributed by atoms with van der Waals surface area (Å²) in [6, 6.07) is 0. The molecule has 16 heavy (non-hydrogen) atoms. The van der Waals surface area contributed by atoms with Crippen LogP contribution in [0.25, 0.3) is 0 Å². The van der Waals surface area contributed by atoms with Crippen LogP contribution in [-0.4, -0.2) is 42.9 Å². The van der Waals surface area contributed by atoms with Crippen molar-refractivity contribution >= 4 is 0 Å². The minimum absolute atomic E-state index is 0. The van der Waals surface area contributed by atoms with Gasteiger partial charge in [0.15, 0.2) is 0 Å². The Bertz CT molecular complexity index is 36.5. The highest BCUT2D eigenvalue weighted by Crippen LogP contribution is 1.38. The van der Waals surface area contributed by atoms with E-state index in [9.17, 15) is 0 Å². The minimum Gasteiger partial charge on any atom is -0.870 e. The molecule has 0 atom stereocenters. The Kier molecular flexibility index (Phi) is 11400. The molecule has 8 N–H and O–H groups in total. The van der Waals surface area contributed by atoms with E-state index in [1.54, 1.807) is 20.3 Å². The Hall–Kier alpha value is -0.760. The normalized spacial score (nSPS) is 2.56. The van der Waals surface area contributed by atoms with Gasteiger partial charge in [0.1, 0.15) is 0 Å². The highest BCUT2D eigenvalue weighted by atomic mass is 16.4. The lowest BCUT2D eigenvalue weighted by Crippen LogP contribution is -1.55. The number of aliphatic hydroxyl groups is 1. The van der Waals surface area contributed by atoms with Crippen LogP contribution >= 0.6 is 0 Å². The monoisotopic (exact) mass is 251 g/mol. The van der Waals surface area contributed by atoms with Crippen molar-refractivity contribution in [1.29, 1.82) is 0 Å². The van der Waals surface area contributed by atoms with Crippen molar-refractivity contribution in [3.63, 3.8) is 0 Å². The molecule has 0 heterocycles. The number of hydrogen-bond donors (Lipinski definition) is 1. The molecule has 0 spiro atoms. The molecule has 0 amide bonds. The van der Waals surface area contributed by atoms with E-state index < -0.39 is 0 Å². The number of methoxy groups -OCH3 is 1. The third-order valence-corrected chi connectivity index (χ3v) is 0. The first-order chi connectivity index (χ1) is 4.83. The molecule has 6 nitrogen and oxygen atoms in total. The Morgan fingerprint density at radius 3 is 1.00 bits per heavy atom. The van der Waals surface area contributed by atoms with Gasteiger partial charge in [-0.3, -0.25) is 0 Å². The summed E-state index contributed by atoms with van der Waals surface area (Å²) in [6.07, 6.45) is 1.75. The summed E-state index contributed by atoms with van der Waals surface area (Å²) in [4.78, 5) is 0. The lowest BCUT2D eigenvalue weighted by molar-refractivity contribution is 0.277. The van der Waals surface area contributed by atoms with E-state index in [1.807, 2.05) is 6.92 Å². The molecule has 0 radical (unpaired) electrons. The quantitative estimate of drug-likeness (QED) is 0.504. The van der Waals surface area contributed by atoms with Crippen molar-refractivity contribution in [3.05, 3.63) is 25.8 Å². The van der Waals surface area contributed by atoms with Crippen LogP contribution in [-0.2, 0) is 10.2 Å². The first-order valence-corrected chi connectivity index (χ1v) is 2.75. The average molecular weight is 251 g/mol. The summed E-state index contributed by atoms with van der Waals surface area (Å²) in [6.45, 7) is 11.2. The standard InChI is InChI=1S/C3H6.C2H6O.C2H4.CH4O.2CH4.4H2O/c2*1-3-2;2*1-2;;;;;;/h3H,1H2,2H3;1-2H3;1-2H2;2H,1H3;2*1H4;4*1H2/p-1. The first kappa shape index (κ1) is 113. The number of aliphatic hydroxyl groups excluding tert-OH is 1. The van der Waals surface area contributed by atoms with Gasteiger partial charge in [-0.2, -0.15) is 0 Å². The second kappa shape index (κ2) is 1620. The largest absolute Gasteiger partial charge is 0.870 e. The highest BCUT2D eigenvalue weighted by Gasteiger charge is 1.25. The molecule has 0 aromatic carbocycles. The summed E-state index contributed by atoms with van der Waals surface area (Å²) in [5.41, 5.74) is 0. The molecule has 112 valence electrons. The van der Waals surface area contributed by atoms with Crippen LogP contribution in [0.1, 0.15) is 21.8 Å². The van der Waals surface area contributed by atoms with Crippen LogP contribution in [0.3, 0.4) is 0 Å². The molecular formula is C10H35O6-. The highest BCUT2D eigenvalue weighted by molar-refractivity contribution is 4.51. The van der Waals surface area contributed by atoms with Gasteiger partial charge in [0.05, 0.1) is 0 Å². The van der Waals surface area contributed by atoms with Crippen LogP contribution in [0, 0.1) is 0 Å². The number of hydrogen-bond acceptors (Lipinski definition) is 4. The molecule has 0 fully saturated rings. The van der Waals surface area contributed by atoms with Crippen molar-refractivity contribution in [3.8, 4) is 0 Å². The zero-order valence-corrected chi connectivity index (χ0v) is 9.53. The molecule has 0 aromatic rings. The van der Waals surface area contributed by atoms with Gasteiger partial charge < -0.3 is 31.7 Å². The number of ether oxygens (including phenoxy) is 1. The molecule has 0 aromatic heterocycles. The summed E-state index contributed by atoms with van der Waals surface area (Å²) in [5.74, 6) is 0. The van der Waals surface area contributed by atoms with E-state index >= 15 is 0 Å². The SMILES string of the molecule is C.C.C=C.C=CC.CO.COC.O.[OH-].[OH-].[OH3+]. The average Bonchev–Trinajstić information content (AvgIpc) is 1.99. The molecule has 0 saturated heterocycles. The maximum absolute atomic E-state index is 7.00. The van der Waals surface area contributed by atoms with Gasteiger partial charge in [0.25, 0.3) is 0 Å². The van der Waals surface area contributed by atoms with Crippen LogP contribution in [0.4, 0.5) is 0 Å². The second-order valence-corrected chi connectivity index (χ2v) is 0.816. The molecule has 0 unspecified atom stereocenters. The van der Waals surface area contributed by atoms with Gasteiger partial charge in [-0.25, -0.2) is 0 Å². The number of rotatable bonds is 0. The molecule has 6 heteroatoms. The molecule has 0 aliphatic heterocycles. The Morgan fingerprint density at radius 2 is 1.00 bits per heavy atom. The lowest BCUT2D eigenvalue weighted by atomic mass is 10.8. The summed E-state index contributed by atoms with van der Waals surface area (Å²) in [7, 11) is 4.25. The van der Waals surface area contributed by atoms with E-state index in [2.05, 4.69) is 24.5 Å². The smallest absolute Gasteiger partial charge is 0.0351 e. The van der Waals surface area contributed by atoms with E-state index in [4.69, 9.17) is 5.11 Å². The molecule has 0 saturated carbocycles. The molecular weight excluding hydrogens is 216 g/mol. The zero-order chi connectivity index (χ0) is 9.41. The fourth-order valence-corrected chi connectivity index (χ4v) is 0. The molecule has 0 bridgehead atoms. The van der Waals surface area contributed by atoms with Crippen molar-refractivity contribution < 1.29 is 31.7 Å². The zero-order valence-electron chi connectivity index (χ0n) is 9.53. The van der Waals surface area contributed by atoms with Crippen molar-refractivity contribution in [1.82, 2.24) is 0 Å². The number of allylic oxidation sites excluding steroid dienone is 1.